The quantitative estimate of drug-likeness (QED) is 0.823. The lowest BCUT2D eigenvalue weighted by Crippen LogP contribution is -2.24. The first-order chi connectivity index (χ1) is 8.26. The topological polar surface area (TPSA) is 47.3 Å². The molecule has 94 valence electrons. The van der Waals surface area contributed by atoms with Crippen molar-refractivity contribution >= 4 is 5.69 Å². The van der Waals surface area contributed by atoms with E-state index in [1.807, 2.05) is 0 Å². The van der Waals surface area contributed by atoms with Crippen LogP contribution < -0.4 is 15.8 Å². The van der Waals surface area contributed by atoms with E-state index in [4.69, 9.17) is 10.5 Å². The van der Waals surface area contributed by atoms with Crippen LogP contribution in [0.2, 0.25) is 0 Å². The molecule has 3 nitrogen and oxygen atoms in total. The summed E-state index contributed by atoms with van der Waals surface area (Å²) in [6.07, 6.45) is 3.39. The minimum Gasteiger partial charge on any atom is -0.488 e. The fraction of sp³-hybridized carbons (Fsp3) is 0.571. The smallest absolute Gasteiger partial charge is 0.123 e. The molecule has 3 heteroatoms. The van der Waals surface area contributed by atoms with Crippen LogP contribution in [-0.4, -0.2) is 18.7 Å². The van der Waals surface area contributed by atoms with Crippen molar-refractivity contribution in [3.05, 3.63) is 23.8 Å². The Balaban J connectivity index is 2.08. The minimum atomic E-state index is 0.161. The molecule has 1 aromatic rings. The van der Waals surface area contributed by atoms with Gasteiger partial charge in [0.1, 0.15) is 11.9 Å². The van der Waals surface area contributed by atoms with Crippen LogP contribution in [0.4, 0.5) is 5.69 Å². The maximum Gasteiger partial charge on any atom is 0.123 e. The van der Waals surface area contributed by atoms with Gasteiger partial charge in [-0.05, 0) is 36.6 Å². The van der Waals surface area contributed by atoms with Crippen LogP contribution in [0.25, 0.3) is 0 Å². The molecule has 1 aliphatic heterocycles. The molecule has 1 aromatic carbocycles. The van der Waals surface area contributed by atoms with E-state index < -0.39 is 0 Å². The molecular weight excluding hydrogens is 212 g/mol. The molecule has 0 aliphatic carbocycles. The zero-order chi connectivity index (χ0) is 12.3. The van der Waals surface area contributed by atoms with Crippen LogP contribution in [0.3, 0.4) is 0 Å². The van der Waals surface area contributed by atoms with Gasteiger partial charge in [0.15, 0.2) is 0 Å². The molecular formula is C14H22N2O. The molecule has 0 bridgehead atoms. The molecule has 0 saturated heterocycles. The van der Waals surface area contributed by atoms with Crippen LogP contribution in [-0.2, 0) is 6.42 Å². The Kier molecular flexibility index (Phi) is 3.89. The van der Waals surface area contributed by atoms with E-state index in [0.29, 0.717) is 12.6 Å². The molecule has 0 radical (unpaired) electrons. The van der Waals surface area contributed by atoms with Gasteiger partial charge in [0.25, 0.3) is 0 Å². The second-order valence-corrected chi connectivity index (χ2v) is 4.66. The number of nitrogens with one attached hydrogen (secondary N) is 1. The minimum absolute atomic E-state index is 0.161. The van der Waals surface area contributed by atoms with Gasteiger partial charge >= 0.3 is 0 Å². The molecule has 0 amide bonds. The van der Waals surface area contributed by atoms with E-state index in [9.17, 15) is 0 Å². The average Bonchev–Trinajstić information content (AvgIpc) is 2.78. The number of hydrogen-bond acceptors (Lipinski definition) is 3. The van der Waals surface area contributed by atoms with Crippen LogP contribution in [0, 0.1) is 0 Å². The predicted molar refractivity (Wildman–Crippen MR) is 71.6 cm³/mol. The third-order valence-electron chi connectivity index (χ3n) is 3.42. The first-order valence-electron chi connectivity index (χ1n) is 6.53. The van der Waals surface area contributed by atoms with Gasteiger partial charge in [-0.1, -0.05) is 13.8 Å². The normalized spacial score (nSPS) is 18.0. The number of benzene rings is 1. The van der Waals surface area contributed by atoms with Crippen molar-refractivity contribution in [3.63, 3.8) is 0 Å². The fourth-order valence-electron chi connectivity index (χ4n) is 2.27. The van der Waals surface area contributed by atoms with Crippen LogP contribution in [0.5, 0.6) is 5.75 Å². The lowest BCUT2D eigenvalue weighted by molar-refractivity contribution is 0.241. The Hall–Kier alpha value is -1.22. The molecule has 0 fully saturated rings. The first-order valence-corrected chi connectivity index (χ1v) is 6.53. The standard InChI is InChI=1S/C14H22N2O/c1-3-11(4-2)16-12-5-6-14-10(7-12)8-13(9-15)17-14/h5-7,11,13,16H,3-4,8-9,15H2,1-2H3. The van der Waals surface area contributed by atoms with E-state index in [-0.39, 0.29) is 6.10 Å². The summed E-state index contributed by atoms with van der Waals surface area (Å²) in [6.45, 7) is 5.01. The Morgan fingerprint density at radius 3 is 2.82 bits per heavy atom. The van der Waals surface area contributed by atoms with Gasteiger partial charge < -0.3 is 15.8 Å². The van der Waals surface area contributed by atoms with E-state index in [2.05, 4.69) is 37.4 Å². The SMILES string of the molecule is CCC(CC)Nc1ccc2c(c1)CC(CN)O2. The molecule has 2 rings (SSSR count). The van der Waals surface area contributed by atoms with Gasteiger partial charge in [-0.15, -0.1) is 0 Å². The summed E-state index contributed by atoms with van der Waals surface area (Å²) in [7, 11) is 0. The molecule has 0 aromatic heterocycles. The van der Waals surface area contributed by atoms with Gasteiger partial charge in [0.2, 0.25) is 0 Å². The Morgan fingerprint density at radius 2 is 2.18 bits per heavy atom. The number of hydrogen-bond donors (Lipinski definition) is 2. The molecule has 0 saturated carbocycles. The van der Waals surface area contributed by atoms with Crippen molar-refractivity contribution in [1.82, 2.24) is 0 Å². The van der Waals surface area contributed by atoms with Gasteiger partial charge in [-0.25, -0.2) is 0 Å². The highest BCUT2D eigenvalue weighted by Gasteiger charge is 2.21. The van der Waals surface area contributed by atoms with Crippen molar-refractivity contribution in [3.8, 4) is 5.75 Å². The van der Waals surface area contributed by atoms with Crippen molar-refractivity contribution < 1.29 is 4.74 Å². The third kappa shape index (κ3) is 2.72. The number of anilines is 1. The molecule has 17 heavy (non-hydrogen) atoms. The van der Waals surface area contributed by atoms with Crippen LogP contribution in [0.15, 0.2) is 18.2 Å². The van der Waals surface area contributed by atoms with Crippen LogP contribution in [0.1, 0.15) is 32.3 Å². The Bertz CT molecular complexity index is 374. The van der Waals surface area contributed by atoms with Crippen molar-refractivity contribution in [2.24, 2.45) is 5.73 Å². The number of fused-ring (bicyclic) bond motifs is 1. The summed E-state index contributed by atoms with van der Waals surface area (Å²) in [4.78, 5) is 0. The molecule has 1 atom stereocenters. The maximum atomic E-state index is 5.72. The molecule has 1 aliphatic rings. The summed E-state index contributed by atoms with van der Waals surface area (Å²) in [5.41, 5.74) is 8.10. The molecule has 1 heterocycles. The van der Waals surface area contributed by atoms with Crippen molar-refractivity contribution in [2.45, 2.75) is 45.3 Å². The summed E-state index contributed by atoms with van der Waals surface area (Å²) >= 11 is 0. The lowest BCUT2D eigenvalue weighted by atomic mass is 10.1. The van der Waals surface area contributed by atoms with E-state index in [1.54, 1.807) is 0 Å². The average molecular weight is 234 g/mol. The second kappa shape index (κ2) is 5.41. The number of ether oxygens (including phenoxy) is 1. The monoisotopic (exact) mass is 234 g/mol. The van der Waals surface area contributed by atoms with E-state index in [1.165, 1.54) is 11.3 Å². The highest BCUT2D eigenvalue weighted by molar-refractivity contribution is 5.53. The summed E-state index contributed by atoms with van der Waals surface area (Å²) in [6, 6.07) is 6.90. The number of rotatable bonds is 5. The van der Waals surface area contributed by atoms with Gasteiger partial charge in [0.05, 0.1) is 0 Å². The molecule has 0 spiro atoms. The number of nitrogens with two attached hydrogens (primary N) is 1. The lowest BCUT2D eigenvalue weighted by Gasteiger charge is -2.16. The Labute approximate surface area is 103 Å². The zero-order valence-corrected chi connectivity index (χ0v) is 10.7. The Morgan fingerprint density at radius 1 is 1.41 bits per heavy atom. The summed E-state index contributed by atoms with van der Waals surface area (Å²) in [5.74, 6) is 0.996. The van der Waals surface area contributed by atoms with Gasteiger partial charge in [0, 0.05) is 24.7 Å². The molecule has 1 unspecified atom stereocenters. The van der Waals surface area contributed by atoms with E-state index >= 15 is 0 Å². The summed E-state index contributed by atoms with van der Waals surface area (Å²) in [5, 5.41) is 3.55. The maximum absolute atomic E-state index is 5.72. The predicted octanol–water partition coefficient (Wildman–Crippen LogP) is 2.55. The van der Waals surface area contributed by atoms with E-state index in [0.717, 1.165) is 25.0 Å². The fourth-order valence-corrected chi connectivity index (χ4v) is 2.27. The van der Waals surface area contributed by atoms with Crippen LogP contribution >= 0.6 is 0 Å². The highest BCUT2D eigenvalue weighted by atomic mass is 16.5. The highest BCUT2D eigenvalue weighted by Crippen LogP contribution is 2.31. The largest absolute Gasteiger partial charge is 0.488 e. The first kappa shape index (κ1) is 12.2. The van der Waals surface area contributed by atoms with Gasteiger partial charge in [-0.2, -0.15) is 0 Å². The van der Waals surface area contributed by atoms with Crippen molar-refractivity contribution in [2.75, 3.05) is 11.9 Å². The second-order valence-electron chi connectivity index (χ2n) is 4.66. The van der Waals surface area contributed by atoms with Crippen molar-refractivity contribution in [1.29, 1.82) is 0 Å². The zero-order valence-electron chi connectivity index (χ0n) is 10.7. The summed E-state index contributed by atoms with van der Waals surface area (Å²) < 4.78 is 5.72. The molecule has 3 N–H and O–H groups in total. The third-order valence-corrected chi connectivity index (χ3v) is 3.42. The van der Waals surface area contributed by atoms with Gasteiger partial charge in [-0.3, -0.25) is 0 Å².